The Hall–Kier alpha value is -1.64. The molecular weight excluding hydrogens is 252 g/mol. The van der Waals surface area contributed by atoms with Crippen LogP contribution in [0.1, 0.15) is 23.2 Å². The molecule has 1 fully saturated rings. The molecule has 0 radical (unpaired) electrons. The molecule has 2 aliphatic rings. The maximum absolute atomic E-state index is 9.39. The van der Waals surface area contributed by atoms with Crippen molar-refractivity contribution in [3.8, 4) is 6.07 Å². The number of pyridine rings is 1. The Morgan fingerprint density at radius 3 is 3.25 bits per heavy atom. The maximum Gasteiger partial charge on any atom is 0.147 e. The van der Waals surface area contributed by atoms with Crippen molar-refractivity contribution >= 4 is 5.82 Å². The van der Waals surface area contributed by atoms with E-state index in [0.717, 1.165) is 44.7 Å². The van der Waals surface area contributed by atoms with Crippen LogP contribution in [0.15, 0.2) is 6.07 Å². The fourth-order valence-electron chi connectivity index (χ4n) is 3.05. The molecule has 2 heterocycles. The van der Waals surface area contributed by atoms with Gasteiger partial charge in [0.1, 0.15) is 11.9 Å². The van der Waals surface area contributed by atoms with Gasteiger partial charge in [0.2, 0.25) is 0 Å². The maximum atomic E-state index is 9.39. The third-order valence-corrected chi connectivity index (χ3v) is 4.02. The number of hydrogen-bond donors (Lipinski definition) is 1. The van der Waals surface area contributed by atoms with E-state index in [1.54, 1.807) is 0 Å². The number of likely N-dealkylation sites (N-methyl/N-ethyl adjacent to an activating group) is 1. The molecule has 0 aromatic carbocycles. The van der Waals surface area contributed by atoms with Crippen molar-refractivity contribution < 1.29 is 4.74 Å². The Morgan fingerprint density at radius 2 is 2.45 bits per heavy atom. The molecule has 5 nitrogen and oxygen atoms in total. The second kappa shape index (κ2) is 5.78. The lowest BCUT2D eigenvalue weighted by Crippen LogP contribution is -2.46. The summed E-state index contributed by atoms with van der Waals surface area (Å²) < 4.78 is 5.72. The first kappa shape index (κ1) is 13.3. The van der Waals surface area contributed by atoms with Crippen molar-refractivity contribution in [1.82, 2.24) is 10.3 Å². The zero-order chi connectivity index (χ0) is 13.9. The van der Waals surface area contributed by atoms with Crippen LogP contribution in [-0.2, 0) is 17.6 Å². The van der Waals surface area contributed by atoms with E-state index in [-0.39, 0.29) is 6.10 Å². The van der Waals surface area contributed by atoms with Gasteiger partial charge in [0, 0.05) is 25.3 Å². The van der Waals surface area contributed by atoms with Gasteiger partial charge in [-0.1, -0.05) is 0 Å². The molecule has 1 aliphatic heterocycles. The first-order valence-electron chi connectivity index (χ1n) is 7.26. The SMILES string of the molecule is CNCC1CN(c2nc3c(cc2C#N)CCC3)CCO1. The monoisotopic (exact) mass is 272 g/mol. The molecule has 20 heavy (non-hydrogen) atoms. The van der Waals surface area contributed by atoms with Gasteiger partial charge in [-0.25, -0.2) is 4.98 Å². The van der Waals surface area contributed by atoms with E-state index >= 15 is 0 Å². The molecule has 1 aromatic heterocycles. The summed E-state index contributed by atoms with van der Waals surface area (Å²) in [5.74, 6) is 0.845. The number of anilines is 1. The van der Waals surface area contributed by atoms with Crippen LogP contribution in [-0.4, -0.2) is 44.4 Å². The first-order chi connectivity index (χ1) is 9.81. The average Bonchev–Trinajstić information content (AvgIpc) is 2.93. The number of aryl methyl sites for hydroxylation is 2. The van der Waals surface area contributed by atoms with Crippen LogP contribution < -0.4 is 10.2 Å². The zero-order valence-corrected chi connectivity index (χ0v) is 11.9. The lowest BCUT2D eigenvalue weighted by atomic mass is 10.1. The number of nitriles is 1. The smallest absolute Gasteiger partial charge is 0.147 e. The predicted molar refractivity (Wildman–Crippen MR) is 76.9 cm³/mol. The molecule has 1 N–H and O–H groups in total. The van der Waals surface area contributed by atoms with Gasteiger partial charge in [-0.05, 0) is 37.9 Å². The quantitative estimate of drug-likeness (QED) is 0.884. The van der Waals surface area contributed by atoms with E-state index < -0.39 is 0 Å². The van der Waals surface area contributed by atoms with Crippen LogP contribution in [0.3, 0.4) is 0 Å². The van der Waals surface area contributed by atoms with Crippen molar-refractivity contribution in [1.29, 1.82) is 5.26 Å². The highest BCUT2D eigenvalue weighted by Gasteiger charge is 2.25. The summed E-state index contributed by atoms with van der Waals surface area (Å²) in [7, 11) is 1.93. The highest BCUT2D eigenvalue weighted by atomic mass is 16.5. The van der Waals surface area contributed by atoms with Crippen molar-refractivity contribution in [2.45, 2.75) is 25.4 Å². The van der Waals surface area contributed by atoms with Crippen molar-refractivity contribution in [2.75, 3.05) is 38.2 Å². The number of nitrogens with zero attached hydrogens (tertiary/aromatic N) is 3. The largest absolute Gasteiger partial charge is 0.373 e. The first-order valence-corrected chi connectivity index (χ1v) is 7.26. The van der Waals surface area contributed by atoms with Crippen LogP contribution in [0, 0.1) is 11.3 Å². The molecular formula is C15H20N4O. The average molecular weight is 272 g/mol. The summed E-state index contributed by atoms with van der Waals surface area (Å²) in [6.07, 6.45) is 3.42. The van der Waals surface area contributed by atoms with Gasteiger partial charge < -0.3 is 15.0 Å². The second-order valence-corrected chi connectivity index (χ2v) is 5.43. The Labute approximate surface area is 119 Å². The van der Waals surface area contributed by atoms with Crippen LogP contribution in [0.4, 0.5) is 5.82 Å². The summed E-state index contributed by atoms with van der Waals surface area (Å²) >= 11 is 0. The normalized spacial score (nSPS) is 21.6. The number of ether oxygens (including phenoxy) is 1. The van der Waals surface area contributed by atoms with Gasteiger partial charge in [-0.2, -0.15) is 5.26 Å². The molecule has 1 unspecified atom stereocenters. The number of nitrogens with one attached hydrogen (secondary N) is 1. The number of rotatable bonds is 3. The van der Waals surface area contributed by atoms with E-state index in [1.165, 1.54) is 11.3 Å². The molecule has 5 heteroatoms. The van der Waals surface area contributed by atoms with Gasteiger partial charge >= 0.3 is 0 Å². The molecule has 3 rings (SSSR count). The van der Waals surface area contributed by atoms with E-state index in [0.29, 0.717) is 12.2 Å². The Morgan fingerprint density at radius 1 is 1.55 bits per heavy atom. The highest BCUT2D eigenvalue weighted by molar-refractivity contribution is 5.57. The summed E-state index contributed by atoms with van der Waals surface area (Å²) in [4.78, 5) is 6.97. The molecule has 0 spiro atoms. The molecule has 0 amide bonds. The third kappa shape index (κ3) is 2.49. The van der Waals surface area contributed by atoms with Crippen LogP contribution in [0.5, 0.6) is 0 Å². The Balaban J connectivity index is 1.87. The number of fused-ring (bicyclic) bond motifs is 1. The van der Waals surface area contributed by atoms with Gasteiger partial charge in [-0.15, -0.1) is 0 Å². The highest BCUT2D eigenvalue weighted by Crippen LogP contribution is 2.27. The Kier molecular flexibility index (Phi) is 3.86. The minimum Gasteiger partial charge on any atom is -0.373 e. The minimum atomic E-state index is 0.162. The summed E-state index contributed by atoms with van der Waals surface area (Å²) in [5.41, 5.74) is 3.14. The van der Waals surface area contributed by atoms with Crippen LogP contribution >= 0.6 is 0 Å². The van der Waals surface area contributed by atoms with E-state index in [1.807, 2.05) is 13.1 Å². The molecule has 1 saturated heterocycles. The topological polar surface area (TPSA) is 61.2 Å². The van der Waals surface area contributed by atoms with Crippen LogP contribution in [0.2, 0.25) is 0 Å². The summed E-state index contributed by atoms with van der Waals surface area (Å²) in [6, 6.07) is 4.34. The molecule has 0 bridgehead atoms. The predicted octanol–water partition coefficient (Wildman–Crippen LogP) is 0.867. The summed E-state index contributed by atoms with van der Waals surface area (Å²) in [5, 5.41) is 12.5. The molecule has 1 aromatic rings. The van der Waals surface area contributed by atoms with Crippen molar-refractivity contribution in [3.63, 3.8) is 0 Å². The van der Waals surface area contributed by atoms with Gasteiger partial charge in [0.15, 0.2) is 0 Å². The van der Waals surface area contributed by atoms with E-state index in [2.05, 4.69) is 16.3 Å². The fourth-order valence-corrected chi connectivity index (χ4v) is 3.05. The van der Waals surface area contributed by atoms with Crippen molar-refractivity contribution in [3.05, 3.63) is 22.9 Å². The molecule has 1 atom stereocenters. The van der Waals surface area contributed by atoms with Crippen LogP contribution in [0.25, 0.3) is 0 Å². The van der Waals surface area contributed by atoms with Gasteiger partial charge in [-0.3, -0.25) is 0 Å². The van der Waals surface area contributed by atoms with Crippen molar-refractivity contribution in [2.24, 2.45) is 0 Å². The lowest BCUT2D eigenvalue weighted by Gasteiger charge is -2.34. The minimum absolute atomic E-state index is 0.162. The molecule has 1 aliphatic carbocycles. The van der Waals surface area contributed by atoms with E-state index in [9.17, 15) is 5.26 Å². The standard InChI is InChI=1S/C15H20N4O/c1-17-9-13-10-19(5-6-20-13)15-12(8-16)7-11-3-2-4-14(11)18-15/h7,13,17H,2-6,9-10H2,1H3. The Bertz CT molecular complexity index is 535. The zero-order valence-electron chi connectivity index (χ0n) is 11.9. The number of morpholine rings is 1. The lowest BCUT2D eigenvalue weighted by molar-refractivity contribution is 0.0419. The summed E-state index contributed by atoms with van der Waals surface area (Å²) in [6.45, 7) is 3.11. The second-order valence-electron chi connectivity index (χ2n) is 5.43. The number of aromatic nitrogens is 1. The third-order valence-electron chi connectivity index (χ3n) is 4.02. The number of hydrogen-bond acceptors (Lipinski definition) is 5. The van der Waals surface area contributed by atoms with Gasteiger partial charge in [0.05, 0.1) is 18.3 Å². The van der Waals surface area contributed by atoms with Gasteiger partial charge in [0.25, 0.3) is 0 Å². The molecule has 106 valence electrons. The molecule has 0 saturated carbocycles. The van der Waals surface area contributed by atoms with E-state index in [4.69, 9.17) is 9.72 Å². The fraction of sp³-hybridized carbons (Fsp3) is 0.600.